The largest absolute Gasteiger partial charge is 0.445 e. The second-order valence-corrected chi connectivity index (χ2v) is 20.6. The lowest BCUT2D eigenvalue weighted by Crippen LogP contribution is -2.62. The summed E-state index contributed by atoms with van der Waals surface area (Å²) < 4.78 is 79.5. The maximum absolute atomic E-state index is 17.6. The second-order valence-electron chi connectivity index (χ2n) is 18.1. The van der Waals surface area contributed by atoms with Gasteiger partial charge in [-0.3, -0.25) is 9.89 Å². The predicted molar refractivity (Wildman–Crippen MR) is 236 cm³/mol. The van der Waals surface area contributed by atoms with Gasteiger partial charge in [-0.2, -0.15) is 5.10 Å². The van der Waals surface area contributed by atoms with Gasteiger partial charge in [-0.05, 0) is 109 Å². The highest BCUT2D eigenvalue weighted by Gasteiger charge is 2.52. The number of aromatic amines is 1. The van der Waals surface area contributed by atoms with E-state index in [2.05, 4.69) is 31.4 Å². The van der Waals surface area contributed by atoms with Gasteiger partial charge in [0.2, 0.25) is 0 Å². The normalized spacial score (nSPS) is 24.1. The van der Waals surface area contributed by atoms with E-state index in [1.165, 1.54) is 44.2 Å². The van der Waals surface area contributed by atoms with E-state index in [0.717, 1.165) is 24.6 Å². The van der Waals surface area contributed by atoms with Crippen molar-refractivity contribution in [1.29, 1.82) is 0 Å². The smallest absolute Gasteiger partial charge is 0.404 e. The molecular weight excluding hydrogens is 869 g/mol. The first-order chi connectivity index (χ1) is 30.6. The number of hydrogen-bond donors (Lipinski definition) is 3. The first-order valence-corrected chi connectivity index (χ1v) is 23.6. The molecule has 1 unspecified atom stereocenters. The Balaban J connectivity index is 1.01. The van der Waals surface area contributed by atoms with Crippen LogP contribution in [0.25, 0.3) is 11.3 Å². The number of sulfone groups is 1. The van der Waals surface area contributed by atoms with Crippen molar-refractivity contribution in [3.63, 3.8) is 0 Å². The third kappa shape index (κ3) is 7.69. The summed E-state index contributed by atoms with van der Waals surface area (Å²) in [5.74, 6) is -2.05. The molecule has 5 saturated heterocycles. The van der Waals surface area contributed by atoms with E-state index in [-0.39, 0.29) is 64.7 Å². The molecular formula is C46H46ClF3N8O5S. The number of anilines is 3. The molecule has 11 rings (SSSR count). The highest BCUT2D eigenvalue weighted by atomic mass is 35.5. The quantitative estimate of drug-likeness (QED) is 0.133. The summed E-state index contributed by atoms with van der Waals surface area (Å²) in [6.45, 7) is 3.92. The Bertz CT molecular complexity index is 2780. The first-order valence-electron chi connectivity index (χ1n) is 21.4. The number of fused-ring (bicyclic) bond motifs is 3. The van der Waals surface area contributed by atoms with Crippen LogP contribution in [-0.2, 0) is 26.7 Å². The number of hydrogen-bond acceptors (Lipinski definition) is 10. The number of nitrogens with one attached hydrogen (secondary N) is 2. The van der Waals surface area contributed by atoms with E-state index in [4.69, 9.17) is 27.1 Å². The van der Waals surface area contributed by atoms with Crippen molar-refractivity contribution in [2.24, 2.45) is 17.6 Å². The van der Waals surface area contributed by atoms with Crippen molar-refractivity contribution in [2.45, 2.75) is 62.8 Å². The summed E-state index contributed by atoms with van der Waals surface area (Å²) >= 11 is 6.26. The molecule has 13 nitrogen and oxygen atoms in total. The maximum atomic E-state index is 17.6. The number of carbonyl (C=O) groups excluding carboxylic acids is 2. The zero-order chi connectivity index (χ0) is 44.7. The molecule has 5 aliphatic heterocycles. The van der Waals surface area contributed by atoms with Crippen molar-refractivity contribution in [1.82, 2.24) is 20.5 Å². The standard InChI is InChI=1S/C46H46ClF3N8O5S/c1-25-37(49)17-35(42(50)41(25)43-36(18-53-55-43)44(59)54-46(23-64(61,62)24-46)30-3-2-4-31(47)14-30)29-13-39-38(58(21-29)34-12-28(11-32(48)15-34)22-63-45(51)60)6-8-57(39)40-16-33(5-7-52-40)56-19-26-9-27(10-26)20-56/h2-5,7,11-12,14-18,26-27,29,38-39H,6,8-10,13,19-24H2,1H3,(H2,51,60)(H,53,55)(H,54,59)/t26?,27?,29?,38-,39-/m0/s1. The van der Waals surface area contributed by atoms with Crippen LogP contribution in [0.3, 0.4) is 0 Å². The minimum Gasteiger partial charge on any atom is -0.445 e. The van der Waals surface area contributed by atoms with Crippen LogP contribution in [0.5, 0.6) is 0 Å². The van der Waals surface area contributed by atoms with Crippen LogP contribution < -0.4 is 25.8 Å². The molecule has 3 atom stereocenters. The summed E-state index contributed by atoms with van der Waals surface area (Å²) in [6, 6.07) is 15.8. The van der Waals surface area contributed by atoms with Crippen molar-refractivity contribution >= 4 is 50.6 Å². The van der Waals surface area contributed by atoms with E-state index >= 15 is 13.2 Å². The lowest BCUT2D eigenvalue weighted by molar-refractivity contribution is 0.0909. The van der Waals surface area contributed by atoms with E-state index in [9.17, 15) is 18.0 Å². The summed E-state index contributed by atoms with van der Waals surface area (Å²) in [5.41, 5.74) is 5.95. The number of piperidine rings is 3. The van der Waals surface area contributed by atoms with Crippen molar-refractivity contribution in [3.05, 3.63) is 123 Å². The fourth-order valence-electron chi connectivity index (χ4n) is 11.0. The van der Waals surface area contributed by atoms with E-state index < -0.39 is 50.7 Å². The maximum Gasteiger partial charge on any atom is 0.404 e. The number of rotatable bonds is 10. The topological polar surface area (TPSA) is 167 Å². The van der Waals surface area contributed by atoms with Crippen LogP contribution in [0.1, 0.15) is 64.2 Å². The number of amides is 2. The van der Waals surface area contributed by atoms with Gasteiger partial charge in [0.25, 0.3) is 5.91 Å². The van der Waals surface area contributed by atoms with Gasteiger partial charge in [-0.25, -0.2) is 31.4 Å². The van der Waals surface area contributed by atoms with E-state index in [1.54, 1.807) is 30.3 Å². The van der Waals surface area contributed by atoms with Gasteiger partial charge >= 0.3 is 6.09 Å². The van der Waals surface area contributed by atoms with Crippen molar-refractivity contribution < 1.29 is 35.9 Å². The Labute approximate surface area is 373 Å². The lowest BCUT2D eigenvalue weighted by Gasteiger charge is -2.48. The fraction of sp³-hybridized carbons (Fsp3) is 0.391. The molecule has 3 aromatic carbocycles. The molecule has 18 heteroatoms. The predicted octanol–water partition coefficient (Wildman–Crippen LogP) is 6.99. The Hall–Kier alpha value is -5.81. The molecule has 0 spiro atoms. The number of ether oxygens (including phenoxy) is 1. The monoisotopic (exact) mass is 914 g/mol. The number of primary amides is 1. The molecule has 2 bridgehead atoms. The van der Waals surface area contributed by atoms with Crippen LogP contribution in [0, 0.1) is 36.2 Å². The summed E-state index contributed by atoms with van der Waals surface area (Å²) in [7, 11) is -3.49. The average molecular weight is 915 g/mol. The van der Waals surface area contributed by atoms with Crippen LogP contribution in [0.15, 0.2) is 73.1 Å². The van der Waals surface area contributed by atoms with Gasteiger partial charge in [0.1, 0.15) is 29.9 Å². The van der Waals surface area contributed by atoms with E-state index in [1.807, 2.05) is 17.2 Å². The fourth-order valence-corrected chi connectivity index (χ4v) is 13.1. The SMILES string of the molecule is Cc1c(F)cc(C2C[C@H]3[C@H](CCN3c3cc(N4CC5CC(C5)C4)ccn3)N(c3cc(F)cc(COC(N)=O)c3)C2)c(F)c1-c1[nH]ncc1C(=O)NC1(c2cccc(Cl)c2)CS(=O)(=O)C1. The van der Waals surface area contributed by atoms with Gasteiger partial charge in [0.05, 0.1) is 46.6 Å². The molecule has 1 saturated carbocycles. The van der Waals surface area contributed by atoms with Gasteiger partial charge in [-0.1, -0.05) is 23.7 Å². The highest BCUT2D eigenvalue weighted by molar-refractivity contribution is 7.93. The number of carbonyl (C=O) groups is 2. The van der Waals surface area contributed by atoms with Gasteiger partial charge < -0.3 is 30.5 Å². The van der Waals surface area contributed by atoms with Crippen molar-refractivity contribution in [2.75, 3.05) is 52.4 Å². The Morgan fingerprint density at radius 2 is 1.75 bits per heavy atom. The molecule has 6 aliphatic rings. The highest BCUT2D eigenvalue weighted by Crippen LogP contribution is 2.46. The molecule has 1 aliphatic carbocycles. The summed E-state index contributed by atoms with van der Waals surface area (Å²) in [4.78, 5) is 37.1. The molecule has 6 fully saturated rings. The number of benzene rings is 3. The van der Waals surface area contributed by atoms with Gasteiger partial charge in [0.15, 0.2) is 9.84 Å². The van der Waals surface area contributed by atoms with Gasteiger partial charge in [0, 0.05) is 66.3 Å². The Kier molecular flexibility index (Phi) is 10.5. The minimum atomic E-state index is -3.49. The molecule has 5 aromatic rings. The molecule has 2 aromatic heterocycles. The van der Waals surface area contributed by atoms with Crippen LogP contribution >= 0.6 is 11.6 Å². The number of aromatic nitrogens is 3. The number of pyridine rings is 1. The zero-order valence-corrected chi connectivity index (χ0v) is 36.4. The van der Waals surface area contributed by atoms with Crippen molar-refractivity contribution in [3.8, 4) is 11.3 Å². The number of nitrogens with two attached hydrogens (primary N) is 1. The van der Waals surface area contributed by atoms with Crippen LogP contribution in [0.2, 0.25) is 5.02 Å². The third-order valence-electron chi connectivity index (χ3n) is 13.9. The molecule has 334 valence electrons. The van der Waals surface area contributed by atoms with Gasteiger partial charge in [-0.15, -0.1) is 0 Å². The zero-order valence-electron chi connectivity index (χ0n) is 34.9. The first kappa shape index (κ1) is 42.2. The molecule has 4 N–H and O–H groups in total. The second kappa shape index (κ2) is 16.0. The van der Waals surface area contributed by atoms with Crippen LogP contribution in [0.4, 0.5) is 35.2 Å². The molecule has 64 heavy (non-hydrogen) atoms. The third-order valence-corrected chi connectivity index (χ3v) is 16.0. The Morgan fingerprint density at radius 3 is 2.48 bits per heavy atom. The van der Waals surface area contributed by atoms with E-state index in [0.29, 0.717) is 53.1 Å². The number of H-pyrrole nitrogens is 1. The number of halogens is 4. The molecule has 7 heterocycles. The summed E-state index contributed by atoms with van der Waals surface area (Å²) in [6.07, 6.45) is 5.60. The average Bonchev–Trinajstić information content (AvgIpc) is 3.91. The summed E-state index contributed by atoms with van der Waals surface area (Å²) in [5, 5.41) is 10.0. The van der Waals surface area contributed by atoms with Crippen LogP contribution in [-0.4, -0.2) is 85.4 Å². The Morgan fingerprint density at radius 1 is 0.969 bits per heavy atom. The minimum absolute atomic E-state index is 0.0535. The lowest BCUT2D eigenvalue weighted by atomic mass is 9.71. The molecule has 0 radical (unpaired) electrons. The molecule has 2 amide bonds. The number of nitrogens with zero attached hydrogens (tertiary/aromatic N) is 5.